The molecule has 0 bridgehead atoms. The van der Waals surface area contributed by atoms with Crippen LogP contribution in [0.15, 0.2) is 0 Å². The van der Waals surface area contributed by atoms with E-state index in [9.17, 15) is 20.4 Å². The molecule has 0 aliphatic rings. The zero-order chi connectivity index (χ0) is 27.7. The second kappa shape index (κ2) is 25.9. The fourth-order valence-electron chi connectivity index (χ4n) is 1.42. The van der Waals surface area contributed by atoms with E-state index in [4.69, 9.17) is 44.3 Å². The topological polar surface area (TPSA) is 239 Å². The van der Waals surface area contributed by atoms with Gasteiger partial charge in [0, 0.05) is 38.5 Å². The summed E-state index contributed by atoms with van der Waals surface area (Å²) >= 11 is 0. The van der Waals surface area contributed by atoms with E-state index in [2.05, 4.69) is 0 Å². The standard InChI is InChI=1S/C12H26O5.4C2H4O2/c1-3-11(5-13,6-14)9-17-10-12(4-2,7-15)8-16;4*1-2(3)4/h13-16H,3-10H2,1-2H3;4*1H3,(H,3,4). The summed E-state index contributed by atoms with van der Waals surface area (Å²) in [4.78, 5) is 36.0. The van der Waals surface area contributed by atoms with Crippen molar-refractivity contribution in [2.75, 3.05) is 39.6 Å². The van der Waals surface area contributed by atoms with Crippen LogP contribution in [0, 0.1) is 10.8 Å². The number of aliphatic hydroxyl groups excluding tert-OH is 4. The molecular weight excluding hydrogens is 448 g/mol. The Hall–Kier alpha value is -2.32. The molecule has 0 amide bonds. The van der Waals surface area contributed by atoms with E-state index in [-0.39, 0.29) is 39.6 Å². The van der Waals surface area contributed by atoms with Crippen molar-refractivity contribution >= 4 is 23.9 Å². The Morgan fingerprint density at radius 1 is 0.545 bits per heavy atom. The molecule has 0 rings (SSSR count). The van der Waals surface area contributed by atoms with E-state index in [1.807, 2.05) is 13.8 Å². The van der Waals surface area contributed by atoms with Crippen molar-refractivity contribution in [3.8, 4) is 0 Å². The number of aliphatic hydroxyl groups is 4. The van der Waals surface area contributed by atoms with Crippen LogP contribution in [-0.2, 0) is 23.9 Å². The fourth-order valence-corrected chi connectivity index (χ4v) is 1.42. The summed E-state index contributed by atoms with van der Waals surface area (Å²) in [5.41, 5.74) is -1.27. The van der Waals surface area contributed by atoms with E-state index < -0.39 is 34.7 Å². The van der Waals surface area contributed by atoms with Crippen molar-refractivity contribution in [3.63, 3.8) is 0 Å². The number of carbonyl (C=O) groups is 4. The van der Waals surface area contributed by atoms with Gasteiger partial charge in [-0.1, -0.05) is 13.8 Å². The molecule has 0 unspecified atom stereocenters. The van der Waals surface area contributed by atoms with Gasteiger partial charge in [0.15, 0.2) is 0 Å². The van der Waals surface area contributed by atoms with E-state index in [0.717, 1.165) is 27.7 Å². The molecule has 0 atom stereocenters. The third kappa shape index (κ3) is 40.6. The minimum absolute atomic E-state index is 0.141. The normalized spacial score (nSPS) is 9.76. The quantitative estimate of drug-likeness (QED) is 0.203. The molecule has 0 aromatic carbocycles. The molecular formula is C20H42O13. The Morgan fingerprint density at radius 2 is 0.697 bits per heavy atom. The fraction of sp³-hybridized carbons (Fsp3) is 0.800. The Balaban J connectivity index is -0.000000132. The largest absolute Gasteiger partial charge is 0.481 e. The van der Waals surface area contributed by atoms with Gasteiger partial charge in [0.05, 0.1) is 39.6 Å². The average Bonchev–Trinajstić information content (AvgIpc) is 2.68. The molecule has 33 heavy (non-hydrogen) atoms. The van der Waals surface area contributed by atoms with Gasteiger partial charge in [0.25, 0.3) is 23.9 Å². The molecule has 200 valence electrons. The van der Waals surface area contributed by atoms with Crippen LogP contribution in [0.5, 0.6) is 0 Å². The summed E-state index contributed by atoms with van der Waals surface area (Å²) in [7, 11) is 0. The predicted molar refractivity (Wildman–Crippen MR) is 118 cm³/mol. The second-order valence-corrected chi connectivity index (χ2v) is 6.91. The van der Waals surface area contributed by atoms with E-state index in [0.29, 0.717) is 12.8 Å². The first-order valence-electron chi connectivity index (χ1n) is 9.80. The maximum Gasteiger partial charge on any atom is 0.300 e. The van der Waals surface area contributed by atoms with E-state index in [1.165, 1.54) is 0 Å². The van der Waals surface area contributed by atoms with Crippen molar-refractivity contribution in [1.29, 1.82) is 0 Å². The van der Waals surface area contributed by atoms with Gasteiger partial charge in [0.2, 0.25) is 0 Å². The van der Waals surface area contributed by atoms with Gasteiger partial charge in [-0.15, -0.1) is 0 Å². The molecule has 0 aromatic rings. The highest BCUT2D eigenvalue weighted by Crippen LogP contribution is 2.25. The molecule has 13 heteroatoms. The van der Waals surface area contributed by atoms with Crippen molar-refractivity contribution in [2.45, 2.75) is 54.4 Å². The maximum atomic E-state index is 9.24. The zero-order valence-electron chi connectivity index (χ0n) is 20.3. The number of aliphatic carboxylic acids is 4. The van der Waals surface area contributed by atoms with Crippen LogP contribution in [0.4, 0.5) is 0 Å². The minimum atomic E-state index is -0.833. The molecule has 0 aliphatic carbocycles. The summed E-state index contributed by atoms with van der Waals surface area (Å²) in [6, 6.07) is 0. The van der Waals surface area contributed by atoms with Gasteiger partial charge < -0.3 is 45.6 Å². The SMILES string of the molecule is CC(=O)O.CC(=O)O.CC(=O)O.CC(=O)O.CCC(CO)(CO)COCC(CC)(CO)CO. The lowest BCUT2D eigenvalue weighted by molar-refractivity contribution is -0.135. The van der Waals surface area contributed by atoms with Crippen molar-refractivity contribution in [2.24, 2.45) is 10.8 Å². The molecule has 0 saturated carbocycles. The lowest BCUT2D eigenvalue weighted by Crippen LogP contribution is -2.39. The highest BCUT2D eigenvalue weighted by atomic mass is 16.5. The second-order valence-electron chi connectivity index (χ2n) is 6.91. The number of carboxylic acids is 4. The number of hydrogen-bond donors (Lipinski definition) is 8. The first-order valence-corrected chi connectivity index (χ1v) is 9.80. The maximum absolute atomic E-state index is 9.24. The summed E-state index contributed by atoms with van der Waals surface area (Å²) in [6.07, 6.45) is 1.22. The first kappa shape index (κ1) is 41.0. The Morgan fingerprint density at radius 3 is 0.788 bits per heavy atom. The van der Waals surface area contributed by atoms with Gasteiger partial charge in [0.1, 0.15) is 0 Å². The zero-order valence-corrected chi connectivity index (χ0v) is 20.3. The third-order valence-electron chi connectivity index (χ3n) is 3.66. The Bertz CT molecular complexity index is 398. The molecule has 0 aromatic heterocycles. The highest BCUT2D eigenvalue weighted by Gasteiger charge is 2.31. The van der Waals surface area contributed by atoms with Crippen molar-refractivity contribution < 1.29 is 64.8 Å². The first-order chi connectivity index (χ1) is 15.0. The average molecular weight is 491 g/mol. The van der Waals surface area contributed by atoms with Crippen LogP contribution in [0.25, 0.3) is 0 Å². The van der Waals surface area contributed by atoms with E-state index >= 15 is 0 Å². The molecule has 0 spiro atoms. The summed E-state index contributed by atoms with van der Waals surface area (Å²) in [6.45, 7) is 7.96. The lowest BCUT2D eigenvalue weighted by atomic mass is 9.86. The molecule has 0 fully saturated rings. The van der Waals surface area contributed by atoms with Gasteiger partial charge in [-0.3, -0.25) is 19.2 Å². The predicted octanol–water partition coefficient (Wildman–Crippen LogP) is 0.129. The van der Waals surface area contributed by atoms with Crippen LogP contribution in [0.1, 0.15) is 54.4 Å². The van der Waals surface area contributed by atoms with E-state index in [1.54, 1.807) is 0 Å². The molecule has 0 aliphatic heterocycles. The number of carboxylic acid groups (broad SMARTS) is 4. The van der Waals surface area contributed by atoms with Gasteiger partial charge in [-0.2, -0.15) is 0 Å². The summed E-state index contributed by atoms with van der Waals surface area (Å²) in [5.74, 6) is -3.33. The molecule has 0 radical (unpaired) electrons. The smallest absolute Gasteiger partial charge is 0.300 e. The Labute approximate surface area is 194 Å². The van der Waals surface area contributed by atoms with Gasteiger partial charge in [-0.05, 0) is 12.8 Å². The van der Waals surface area contributed by atoms with Crippen molar-refractivity contribution in [3.05, 3.63) is 0 Å². The van der Waals surface area contributed by atoms with Crippen molar-refractivity contribution in [1.82, 2.24) is 0 Å². The van der Waals surface area contributed by atoms with Crippen LogP contribution in [0.3, 0.4) is 0 Å². The summed E-state index contributed by atoms with van der Waals surface area (Å²) in [5, 5.41) is 66.6. The lowest BCUT2D eigenvalue weighted by Gasteiger charge is -2.32. The summed E-state index contributed by atoms with van der Waals surface area (Å²) < 4.78 is 5.47. The molecule has 13 nitrogen and oxygen atoms in total. The molecule has 8 N–H and O–H groups in total. The van der Waals surface area contributed by atoms with Crippen LogP contribution >= 0.6 is 0 Å². The number of hydrogen-bond acceptors (Lipinski definition) is 9. The van der Waals surface area contributed by atoms with Crippen LogP contribution < -0.4 is 0 Å². The third-order valence-corrected chi connectivity index (χ3v) is 3.66. The minimum Gasteiger partial charge on any atom is -0.481 e. The molecule has 0 heterocycles. The van der Waals surface area contributed by atoms with Gasteiger partial charge in [-0.25, -0.2) is 0 Å². The highest BCUT2D eigenvalue weighted by molar-refractivity contribution is 5.63. The number of ether oxygens (including phenoxy) is 1. The Kier molecular flexibility index (Phi) is 32.2. The van der Waals surface area contributed by atoms with Crippen LogP contribution in [0.2, 0.25) is 0 Å². The van der Waals surface area contributed by atoms with Crippen LogP contribution in [-0.4, -0.2) is 104 Å². The van der Waals surface area contributed by atoms with Gasteiger partial charge >= 0.3 is 0 Å². The number of rotatable bonds is 10. The monoisotopic (exact) mass is 490 g/mol. The molecule has 0 saturated heterocycles.